The van der Waals surface area contributed by atoms with Crippen LogP contribution in [0.4, 0.5) is 4.39 Å². The second-order valence-electron chi connectivity index (χ2n) is 8.17. The van der Waals surface area contributed by atoms with E-state index in [9.17, 15) is 4.39 Å². The normalized spacial score (nSPS) is 15.8. The average Bonchev–Trinajstić information content (AvgIpc) is 3.17. The SMILES string of the molecule is Fc1ccc2c(OCCC3CCN(Cc4ccc5ccccc5c4)CC3)noc2c1. The fourth-order valence-electron chi connectivity index (χ4n) is 4.34. The highest BCUT2D eigenvalue weighted by molar-refractivity contribution is 5.83. The van der Waals surface area contributed by atoms with Gasteiger partial charge in [0, 0.05) is 12.6 Å². The van der Waals surface area contributed by atoms with Gasteiger partial charge in [0.25, 0.3) is 5.88 Å². The van der Waals surface area contributed by atoms with Crippen LogP contribution in [-0.2, 0) is 6.54 Å². The molecule has 0 saturated carbocycles. The Balaban J connectivity index is 1.10. The second kappa shape index (κ2) is 8.44. The number of rotatable bonds is 6. The second-order valence-corrected chi connectivity index (χ2v) is 8.17. The zero-order valence-corrected chi connectivity index (χ0v) is 16.9. The van der Waals surface area contributed by atoms with Crippen molar-refractivity contribution in [2.24, 2.45) is 5.92 Å². The number of hydrogen-bond donors (Lipinski definition) is 0. The molecular formula is C25H25FN2O2. The number of halogens is 1. The van der Waals surface area contributed by atoms with Gasteiger partial charge in [0.05, 0.1) is 12.0 Å². The number of hydrogen-bond acceptors (Lipinski definition) is 4. The van der Waals surface area contributed by atoms with Crippen molar-refractivity contribution in [3.63, 3.8) is 0 Å². The first-order valence-electron chi connectivity index (χ1n) is 10.6. The Morgan fingerprint density at radius 3 is 2.70 bits per heavy atom. The molecule has 0 amide bonds. The van der Waals surface area contributed by atoms with E-state index in [1.807, 2.05) is 0 Å². The van der Waals surface area contributed by atoms with Crippen molar-refractivity contribution < 1.29 is 13.7 Å². The molecule has 3 aromatic carbocycles. The molecule has 2 heterocycles. The number of benzene rings is 3. The van der Waals surface area contributed by atoms with Gasteiger partial charge < -0.3 is 9.26 Å². The maximum Gasteiger partial charge on any atom is 0.262 e. The monoisotopic (exact) mass is 404 g/mol. The zero-order valence-electron chi connectivity index (χ0n) is 16.9. The minimum absolute atomic E-state index is 0.333. The van der Waals surface area contributed by atoms with Crippen molar-refractivity contribution in [3.05, 3.63) is 72.0 Å². The van der Waals surface area contributed by atoms with Crippen LogP contribution in [0.1, 0.15) is 24.8 Å². The van der Waals surface area contributed by atoms with Crippen molar-refractivity contribution in [3.8, 4) is 5.88 Å². The topological polar surface area (TPSA) is 38.5 Å². The predicted molar refractivity (Wildman–Crippen MR) is 116 cm³/mol. The summed E-state index contributed by atoms with van der Waals surface area (Å²) >= 11 is 0. The maximum atomic E-state index is 13.2. The summed E-state index contributed by atoms with van der Waals surface area (Å²) in [5.41, 5.74) is 1.80. The van der Waals surface area contributed by atoms with Crippen LogP contribution < -0.4 is 4.74 Å². The van der Waals surface area contributed by atoms with Crippen LogP contribution in [0.2, 0.25) is 0 Å². The Morgan fingerprint density at radius 2 is 1.83 bits per heavy atom. The highest BCUT2D eigenvalue weighted by Crippen LogP contribution is 2.27. The Labute approximate surface area is 175 Å². The summed E-state index contributed by atoms with van der Waals surface area (Å²) in [6.07, 6.45) is 3.36. The molecule has 30 heavy (non-hydrogen) atoms. The Bertz CT molecular complexity index is 1150. The van der Waals surface area contributed by atoms with Gasteiger partial charge in [-0.1, -0.05) is 36.4 Å². The van der Waals surface area contributed by atoms with Gasteiger partial charge in [0.1, 0.15) is 5.82 Å². The van der Waals surface area contributed by atoms with Crippen molar-refractivity contribution in [1.29, 1.82) is 0 Å². The molecule has 0 bridgehead atoms. The predicted octanol–water partition coefficient (Wildman–Crippen LogP) is 5.80. The number of likely N-dealkylation sites (tertiary alicyclic amines) is 1. The minimum Gasteiger partial charge on any atom is -0.475 e. The smallest absolute Gasteiger partial charge is 0.262 e. The van der Waals surface area contributed by atoms with Crippen molar-refractivity contribution in [1.82, 2.24) is 10.1 Å². The highest BCUT2D eigenvalue weighted by Gasteiger charge is 2.20. The Morgan fingerprint density at radius 1 is 1.00 bits per heavy atom. The van der Waals surface area contributed by atoms with Crippen LogP contribution in [0.15, 0.2) is 65.2 Å². The number of ether oxygens (including phenoxy) is 1. The third-order valence-electron chi connectivity index (χ3n) is 6.09. The lowest BCUT2D eigenvalue weighted by Gasteiger charge is -2.32. The summed E-state index contributed by atoms with van der Waals surface area (Å²) in [5, 5.41) is 7.26. The van der Waals surface area contributed by atoms with Gasteiger partial charge in [-0.2, -0.15) is 0 Å². The van der Waals surface area contributed by atoms with E-state index in [2.05, 4.69) is 52.5 Å². The van der Waals surface area contributed by atoms with E-state index >= 15 is 0 Å². The van der Waals surface area contributed by atoms with Gasteiger partial charge in [0.15, 0.2) is 5.58 Å². The summed E-state index contributed by atoms with van der Waals surface area (Å²) in [6, 6.07) is 19.7. The summed E-state index contributed by atoms with van der Waals surface area (Å²) in [4.78, 5) is 2.54. The molecule has 0 N–H and O–H groups in total. The third-order valence-corrected chi connectivity index (χ3v) is 6.09. The first kappa shape index (κ1) is 19.1. The maximum absolute atomic E-state index is 13.2. The fraction of sp³-hybridized carbons (Fsp3) is 0.320. The van der Waals surface area contributed by atoms with Gasteiger partial charge in [-0.25, -0.2) is 4.39 Å². The molecule has 0 aliphatic carbocycles. The molecule has 5 heteroatoms. The van der Waals surface area contributed by atoms with Crippen molar-refractivity contribution >= 4 is 21.7 Å². The summed E-state index contributed by atoms with van der Waals surface area (Å²) in [5.74, 6) is 0.785. The molecule has 0 unspecified atom stereocenters. The molecule has 0 radical (unpaired) electrons. The molecule has 1 fully saturated rings. The van der Waals surface area contributed by atoms with Crippen LogP contribution in [-0.4, -0.2) is 29.8 Å². The molecule has 0 spiro atoms. The summed E-state index contributed by atoms with van der Waals surface area (Å²) in [6.45, 7) is 3.84. The molecule has 1 saturated heterocycles. The lowest BCUT2D eigenvalue weighted by atomic mass is 9.93. The van der Waals surface area contributed by atoms with Crippen molar-refractivity contribution in [2.45, 2.75) is 25.8 Å². The zero-order chi connectivity index (χ0) is 20.3. The molecule has 5 rings (SSSR count). The van der Waals surface area contributed by atoms with Gasteiger partial charge in [-0.15, -0.1) is 0 Å². The first-order valence-corrected chi connectivity index (χ1v) is 10.6. The molecule has 1 aliphatic heterocycles. The number of nitrogens with zero attached hydrogens (tertiary/aromatic N) is 2. The summed E-state index contributed by atoms with van der Waals surface area (Å²) < 4.78 is 24.2. The molecule has 1 aliphatic rings. The van der Waals surface area contributed by atoms with E-state index in [4.69, 9.17) is 9.26 Å². The van der Waals surface area contributed by atoms with Crippen LogP contribution in [0.25, 0.3) is 21.7 Å². The molecule has 4 aromatic rings. The number of fused-ring (bicyclic) bond motifs is 2. The third kappa shape index (κ3) is 4.17. The molecule has 4 nitrogen and oxygen atoms in total. The van der Waals surface area contributed by atoms with Gasteiger partial charge in [0.2, 0.25) is 0 Å². The standard InChI is InChI=1S/C25H25FN2O2/c26-22-7-8-23-24(16-22)30-27-25(23)29-14-11-18-9-12-28(13-10-18)17-19-5-6-20-3-1-2-4-21(20)15-19/h1-8,15-16,18H,9-14,17H2. The van der Waals surface area contributed by atoms with E-state index in [0.717, 1.165) is 31.4 Å². The van der Waals surface area contributed by atoms with Gasteiger partial charge in [-0.05, 0) is 78.0 Å². The lowest BCUT2D eigenvalue weighted by Crippen LogP contribution is -2.33. The molecule has 154 valence electrons. The molecular weight excluding hydrogens is 379 g/mol. The minimum atomic E-state index is -0.333. The summed E-state index contributed by atoms with van der Waals surface area (Å²) in [7, 11) is 0. The van der Waals surface area contributed by atoms with Gasteiger partial charge in [-0.3, -0.25) is 4.90 Å². The van der Waals surface area contributed by atoms with Crippen LogP contribution in [0, 0.1) is 11.7 Å². The largest absolute Gasteiger partial charge is 0.475 e. The van der Waals surface area contributed by atoms with E-state index in [1.54, 1.807) is 6.07 Å². The van der Waals surface area contributed by atoms with E-state index in [1.165, 1.54) is 41.3 Å². The Hall–Kier alpha value is -2.92. The number of piperidine rings is 1. The highest BCUT2D eigenvalue weighted by atomic mass is 19.1. The fourth-order valence-corrected chi connectivity index (χ4v) is 4.34. The van der Waals surface area contributed by atoms with Crippen LogP contribution in [0.5, 0.6) is 5.88 Å². The van der Waals surface area contributed by atoms with Crippen LogP contribution in [0.3, 0.4) is 0 Å². The average molecular weight is 404 g/mol. The quantitative estimate of drug-likeness (QED) is 0.407. The van der Waals surface area contributed by atoms with Crippen molar-refractivity contribution in [2.75, 3.05) is 19.7 Å². The molecule has 0 atom stereocenters. The van der Waals surface area contributed by atoms with Crippen LogP contribution >= 0.6 is 0 Å². The van der Waals surface area contributed by atoms with E-state index in [0.29, 0.717) is 24.0 Å². The number of aromatic nitrogens is 1. The van der Waals surface area contributed by atoms with E-state index < -0.39 is 0 Å². The Kier molecular flexibility index (Phi) is 5.37. The lowest BCUT2D eigenvalue weighted by molar-refractivity contribution is 0.156. The van der Waals surface area contributed by atoms with E-state index in [-0.39, 0.29) is 5.82 Å². The molecule has 1 aromatic heterocycles. The van der Waals surface area contributed by atoms with Gasteiger partial charge >= 0.3 is 0 Å². The first-order chi connectivity index (χ1) is 14.7.